The number of nitrogens with zero attached hydrogens (tertiary/aromatic N) is 2. The molecule has 1 aromatic rings. The van der Waals surface area contributed by atoms with Crippen LogP contribution in [0.3, 0.4) is 0 Å². The van der Waals surface area contributed by atoms with Crippen LogP contribution in [0.5, 0.6) is 0 Å². The first-order valence-electron chi connectivity index (χ1n) is 8.94. The van der Waals surface area contributed by atoms with Crippen molar-refractivity contribution in [3.63, 3.8) is 0 Å². The lowest BCUT2D eigenvalue weighted by molar-refractivity contribution is 0.222. The molecular weight excluding hydrogens is 429 g/mol. The Kier molecular flexibility index (Phi) is 7.80. The van der Waals surface area contributed by atoms with Crippen molar-refractivity contribution in [2.45, 2.75) is 45.2 Å². The first kappa shape index (κ1) is 19.8. The van der Waals surface area contributed by atoms with Gasteiger partial charge in [0.1, 0.15) is 0 Å². The number of likely N-dealkylation sites (tertiary alicyclic amines) is 1. The number of hydrogen-bond acceptors (Lipinski definition) is 2. The number of hydrogen-bond donors (Lipinski definition) is 3. The second-order valence-corrected chi connectivity index (χ2v) is 6.44. The van der Waals surface area contributed by atoms with Crippen LogP contribution in [-0.2, 0) is 6.54 Å². The van der Waals surface area contributed by atoms with E-state index in [1.165, 1.54) is 12.8 Å². The Labute approximate surface area is 166 Å². The molecule has 0 atom stereocenters. The van der Waals surface area contributed by atoms with Crippen LogP contribution in [0.15, 0.2) is 29.3 Å². The molecule has 0 aromatic heterocycles. The Morgan fingerprint density at radius 3 is 2.72 bits per heavy atom. The second kappa shape index (κ2) is 9.84. The fraction of sp³-hybridized carbons (Fsp3) is 0.556. The number of urea groups is 1. The minimum absolute atomic E-state index is 0. The van der Waals surface area contributed by atoms with Gasteiger partial charge in [-0.1, -0.05) is 12.1 Å². The molecule has 0 unspecified atom stereocenters. The molecule has 1 saturated heterocycles. The summed E-state index contributed by atoms with van der Waals surface area (Å²) in [6, 6.07) is 8.50. The van der Waals surface area contributed by atoms with Gasteiger partial charge in [0, 0.05) is 31.4 Å². The molecule has 25 heavy (non-hydrogen) atoms. The number of carbonyl (C=O) groups is 1. The van der Waals surface area contributed by atoms with Crippen molar-refractivity contribution in [3.8, 4) is 0 Å². The van der Waals surface area contributed by atoms with Crippen LogP contribution in [0.4, 0.5) is 10.5 Å². The number of carbonyl (C=O) groups excluding carboxylic acids is 1. The largest absolute Gasteiger partial charge is 0.357 e. The lowest BCUT2D eigenvalue weighted by Crippen LogP contribution is -2.38. The van der Waals surface area contributed by atoms with Gasteiger partial charge in [-0.25, -0.2) is 9.79 Å². The van der Waals surface area contributed by atoms with Crippen molar-refractivity contribution in [2.24, 2.45) is 4.99 Å². The lowest BCUT2D eigenvalue weighted by Gasteiger charge is -2.16. The Bertz CT molecular complexity index is 597. The third-order valence-corrected chi connectivity index (χ3v) is 4.25. The molecule has 1 aromatic carbocycles. The number of nitrogens with one attached hydrogen (secondary N) is 3. The van der Waals surface area contributed by atoms with E-state index in [2.05, 4.69) is 27.9 Å². The summed E-state index contributed by atoms with van der Waals surface area (Å²) in [5.41, 5.74) is 1.92. The topological polar surface area (TPSA) is 68.8 Å². The predicted octanol–water partition coefficient (Wildman–Crippen LogP) is 3.15. The van der Waals surface area contributed by atoms with Crippen molar-refractivity contribution < 1.29 is 4.79 Å². The molecule has 7 heteroatoms. The summed E-state index contributed by atoms with van der Waals surface area (Å²) in [5.74, 6) is 0.867. The number of guanidine groups is 1. The quantitative estimate of drug-likeness (QED) is 0.362. The first-order chi connectivity index (χ1) is 11.7. The monoisotopic (exact) mass is 457 g/mol. The molecule has 0 radical (unpaired) electrons. The van der Waals surface area contributed by atoms with Gasteiger partial charge < -0.3 is 20.9 Å². The Balaban J connectivity index is 0.00000225. The van der Waals surface area contributed by atoms with Gasteiger partial charge in [0.05, 0.1) is 6.54 Å². The van der Waals surface area contributed by atoms with Crippen LogP contribution in [-0.4, -0.2) is 42.6 Å². The second-order valence-electron chi connectivity index (χ2n) is 6.44. The van der Waals surface area contributed by atoms with Gasteiger partial charge in [0.25, 0.3) is 0 Å². The molecule has 2 aliphatic rings. The summed E-state index contributed by atoms with van der Waals surface area (Å²) in [4.78, 5) is 18.7. The van der Waals surface area contributed by atoms with Gasteiger partial charge >= 0.3 is 6.03 Å². The van der Waals surface area contributed by atoms with Crippen molar-refractivity contribution >= 4 is 41.7 Å². The molecule has 0 spiro atoms. The van der Waals surface area contributed by atoms with Crippen LogP contribution in [0.1, 0.15) is 38.2 Å². The molecule has 3 rings (SSSR count). The van der Waals surface area contributed by atoms with Gasteiger partial charge in [-0.2, -0.15) is 0 Å². The van der Waals surface area contributed by atoms with E-state index in [-0.39, 0.29) is 30.0 Å². The molecule has 1 aliphatic carbocycles. The highest BCUT2D eigenvalue weighted by Gasteiger charge is 2.22. The molecule has 3 N–H and O–H groups in total. The average molecular weight is 457 g/mol. The zero-order chi connectivity index (χ0) is 16.8. The molecule has 2 fully saturated rings. The summed E-state index contributed by atoms with van der Waals surface area (Å²) in [7, 11) is 0. The number of benzene rings is 1. The maximum Gasteiger partial charge on any atom is 0.321 e. The highest BCUT2D eigenvalue weighted by atomic mass is 127. The number of aliphatic imine (C=N–C) groups is 1. The van der Waals surface area contributed by atoms with Crippen LogP contribution in [0.2, 0.25) is 0 Å². The molecular formula is C18H28IN5O. The van der Waals surface area contributed by atoms with Crippen molar-refractivity contribution in [1.82, 2.24) is 15.5 Å². The maximum atomic E-state index is 12.2. The summed E-state index contributed by atoms with van der Waals surface area (Å²) < 4.78 is 0. The van der Waals surface area contributed by atoms with Gasteiger partial charge in [0.15, 0.2) is 5.96 Å². The van der Waals surface area contributed by atoms with E-state index in [1.807, 2.05) is 29.2 Å². The summed E-state index contributed by atoms with van der Waals surface area (Å²) in [6.07, 6.45) is 4.65. The third kappa shape index (κ3) is 6.37. The molecule has 1 heterocycles. The van der Waals surface area contributed by atoms with Crippen LogP contribution in [0, 0.1) is 0 Å². The highest BCUT2D eigenvalue weighted by Crippen LogP contribution is 2.18. The maximum absolute atomic E-state index is 12.2. The van der Waals surface area contributed by atoms with Crippen LogP contribution < -0.4 is 16.0 Å². The van der Waals surface area contributed by atoms with E-state index in [0.717, 1.165) is 49.7 Å². The molecule has 138 valence electrons. The number of amides is 2. The van der Waals surface area contributed by atoms with E-state index in [9.17, 15) is 4.79 Å². The molecule has 2 amide bonds. The molecule has 1 aliphatic heterocycles. The van der Waals surface area contributed by atoms with Crippen LogP contribution >= 0.6 is 24.0 Å². The number of halogens is 1. The normalized spacial score (nSPS) is 17.0. The van der Waals surface area contributed by atoms with E-state index in [1.54, 1.807) is 0 Å². The Morgan fingerprint density at radius 2 is 2.04 bits per heavy atom. The van der Waals surface area contributed by atoms with E-state index < -0.39 is 0 Å². The molecule has 6 nitrogen and oxygen atoms in total. The first-order valence-corrected chi connectivity index (χ1v) is 8.94. The van der Waals surface area contributed by atoms with Crippen molar-refractivity contribution in [1.29, 1.82) is 0 Å². The smallest absolute Gasteiger partial charge is 0.321 e. The zero-order valence-corrected chi connectivity index (χ0v) is 17.1. The Morgan fingerprint density at radius 1 is 1.28 bits per heavy atom. The fourth-order valence-corrected chi connectivity index (χ4v) is 2.78. The van der Waals surface area contributed by atoms with Gasteiger partial charge in [-0.05, 0) is 50.3 Å². The highest BCUT2D eigenvalue weighted by molar-refractivity contribution is 14.0. The SMILES string of the molecule is CCNC(=NCc1cccc(NC(=O)N2CCCC2)c1)NC1CC1.I. The van der Waals surface area contributed by atoms with Crippen molar-refractivity contribution in [2.75, 3.05) is 25.0 Å². The lowest BCUT2D eigenvalue weighted by atomic mass is 10.2. The fourth-order valence-electron chi connectivity index (χ4n) is 2.78. The summed E-state index contributed by atoms with van der Waals surface area (Å²) in [5, 5.41) is 9.67. The molecule has 1 saturated carbocycles. The molecule has 0 bridgehead atoms. The zero-order valence-electron chi connectivity index (χ0n) is 14.8. The predicted molar refractivity (Wildman–Crippen MR) is 113 cm³/mol. The van der Waals surface area contributed by atoms with Crippen LogP contribution in [0.25, 0.3) is 0 Å². The van der Waals surface area contributed by atoms with Crippen molar-refractivity contribution in [3.05, 3.63) is 29.8 Å². The summed E-state index contributed by atoms with van der Waals surface area (Å²) >= 11 is 0. The standard InChI is InChI=1S/C18H27N5O.HI/c1-2-19-17(21-15-8-9-15)20-13-14-6-5-7-16(12-14)22-18(24)23-10-3-4-11-23;/h5-7,12,15H,2-4,8-11,13H2,1H3,(H,22,24)(H2,19,20,21);1H. The summed E-state index contributed by atoms with van der Waals surface area (Å²) in [6.45, 7) is 5.22. The Hall–Kier alpha value is -1.51. The number of rotatable bonds is 5. The van der Waals surface area contributed by atoms with E-state index >= 15 is 0 Å². The van der Waals surface area contributed by atoms with Gasteiger partial charge in [-0.15, -0.1) is 24.0 Å². The average Bonchev–Trinajstić information content (AvgIpc) is 3.22. The van der Waals surface area contributed by atoms with E-state index in [0.29, 0.717) is 12.6 Å². The van der Waals surface area contributed by atoms with Gasteiger partial charge in [0.2, 0.25) is 0 Å². The van der Waals surface area contributed by atoms with Gasteiger partial charge in [-0.3, -0.25) is 0 Å². The number of anilines is 1. The third-order valence-electron chi connectivity index (χ3n) is 4.25. The minimum Gasteiger partial charge on any atom is -0.357 e. The minimum atomic E-state index is -0.00288. The van der Waals surface area contributed by atoms with E-state index in [4.69, 9.17) is 0 Å².